The van der Waals surface area contributed by atoms with E-state index in [1.165, 1.54) is 0 Å². The molecule has 26 heavy (non-hydrogen) atoms. The van der Waals surface area contributed by atoms with Crippen LogP contribution in [-0.2, 0) is 9.26 Å². The maximum atomic E-state index is 8.84. The fraction of sp³-hybridized carbons (Fsp3) is 0.643. The first-order valence-electron chi connectivity index (χ1n) is 8.32. The monoisotopic (exact) mass is 387 g/mol. The minimum Gasteiger partial charge on any atom is -0.384 e. The van der Waals surface area contributed by atoms with E-state index in [1.54, 1.807) is 12.3 Å². The van der Waals surface area contributed by atoms with Gasteiger partial charge in [0.15, 0.2) is 5.96 Å². The molecule has 0 bridgehead atoms. The zero-order chi connectivity index (χ0) is 18.9. The third-order valence-electron chi connectivity index (χ3n) is 3.75. The molecule has 0 amide bonds. The Labute approximate surface area is 152 Å². The van der Waals surface area contributed by atoms with E-state index in [4.69, 9.17) is 36.2 Å². The van der Waals surface area contributed by atoms with E-state index in [1.807, 2.05) is 4.57 Å². The van der Waals surface area contributed by atoms with Crippen molar-refractivity contribution in [3.05, 3.63) is 17.9 Å². The SMILES string of the molecule is NC(N)=NCCCCN=c1nc(N)ccn1C1CCC(COP(O)O)O1. The second kappa shape index (κ2) is 10.4. The van der Waals surface area contributed by atoms with Crippen molar-refractivity contribution in [2.45, 2.75) is 38.0 Å². The standard InChI is InChI=1S/C14H26N7O4P/c15-11-5-8-21(12-4-3-10(25-12)9-24-26(22)23)14(20-11)19-7-2-1-6-18-13(16)17/h5,8,10,12,22-23H,1-4,6-7,9H2,(H2,15,19,20)(H4,16,17,18). The molecule has 12 heteroatoms. The van der Waals surface area contributed by atoms with Crippen LogP contribution in [0.4, 0.5) is 5.82 Å². The lowest BCUT2D eigenvalue weighted by molar-refractivity contribution is -0.0219. The fourth-order valence-electron chi connectivity index (χ4n) is 2.55. The van der Waals surface area contributed by atoms with Crippen LogP contribution >= 0.6 is 8.60 Å². The molecule has 1 aliphatic heterocycles. The number of aromatic nitrogens is 2. The predicted octanol–water partition coefficient (Wildman–Crippen LogP) is -0.675. The minimum atomic E-state index is -2.37. The zero-order valence-corrected chi connectivity index (χ0v) is 15.3. The highest BCUT2D eigenvalue weighted by molar-refractivity contribution is 7.39. The van der Waals surface area contributed by atoms with E-state index in [2.05, 4.69) is 15.0 Å². The average Bonchev–Trinajstić information content (AvgIpc) is 3.04. The molecule has 146 valence electrons. The van der Waals surface area contributed by atoms with Gasteiger partial charge in [-0.3, -0.25) is 14.6 Å². The highest BCUT2D eigenvalue weighted by Crippen LogP contribution is 2.31. The van der Waals surface area contributed by atoms with Crippen LogP contribution in [0.5, 0.6) is 0 Å². The van der Waals surface area contributed by atoms with Gasteiger partial charge in [0, 0.05) is 19.3 Å². The molecule has 0 radical (unpaired) electrons. The van der Waals surface area contributed by atoms with Gasteiger partial charge in [0.05, 0.1) is 12.7 Å². The first-order chi connectivity index (χ1) is 12.5. The van der Waals surface area contributed by atoms with E-state index in [9.17, 15) is 0 Å². The van der Waals surface area contributed by atoms with Crippen molar-refractivity contribution in [2.24, 2.45) is 21.5 Å². The number of nitrogen functional groups attached to an aromatic ring is 1. The number of rotatable bonds is 9. The normalized spacial score (nSPS) is 20.7. The number of hydrogen-bond acceptors (Lipinski definition) is 8. The molecule has 1 aromatic rings. The Morgan fingerprint density at radius 1 is 1.35 bits per heavy atom. The van der Waals surface area contributed by atoms with Crippen molar-refractivity contribution in [1.29, 1.82) is 0 Å². The van der Waals surface area contributed by atoms with Gasteiger partial charge in [-0.15, -0.1) is 0 Å². The van der Waals surface area contributed by atoms with Crippen molar-refractivity contribution in [3.63, 3.8) is 0 Å². The van der Waals surface area contributed by atoms with Gasteiger partial charge in [-0.25, -0.2) is 0 Å². The molecule has 2 heterocycles. The molecular weight excluding hydrogens is 361 g/mol. The van der Waals surface area contributed by atoms with Crippen LogP contribution in [0.3, 0.4) is 0 Å². The quantitative estimate of drug-likeness (QED) is 0.160. The Morgan fingerprint density at radius 2 is 2.12 bits per heavy atom. The summed E-state index contributed by atoms with van der Waals surface area (Å²) in [5, 5.41) is 0. The van der Waals surface area contributed by atoms with Gasteiger partial charge in [-0.2, -0.15) is 4.98 Å². The maximum Gasteiger partial charge on any atom is 0.327 e. The summed E-state index contributed by atoms with van der Waals surface area (Å²) in [5.74, 6) is 0.466. The first-order valence-corrected chi connectivity index (χ1v) is 9.49. The lowest BCUT2D eigenvalue weighted by Crippen LogP contribution is -2.29. The zero-order valence-electron chi connectivity index (χ0n) is 14.4. The van der Waals surface area contributed by atoms with Gasteiger partial charge in [-0.05, 0) is 31.7 Å². The lowest BCUT2D eigenvalue weighted by Gasteiger charge is -2.17. The average molecular weight is 387 g/mol. The predicted molar refractivity (Wildman–Crippen MR) is 97.4 cm³/mol. The number of hydrogen-bond donors (Lipinski definition) is 5. The van der Waals surface area contributed by atoms with Crippen LogP contribution in [0.1, 0.15) is 31.9 Å². The van der Waals surface area contributed by atoms with E-state index in [-0.39, 0.29) is 24.9 Å². The van der Waals surface area contributed by atoms with Crippen LogP contribution in [0.15, 0.2) is 22.2 Å². The first kappa shape index (κ1) is 20.5. The molecule has 0 spiro atoms. The second-order valence-electron chi connectivity index (χ2n) is 5.79. The molecule has 1 aromatic heterocycles. The fourth-order valence-corrected chi connectivity index (χ4v) is 2.85. The smallest absolute Gasteiger partial charge is 0.327 e. The van der Waals surface area contributed by atoms with Crippen LogP contribution in [0, 0.1) is 0 Å². The number of aliphatic imine (C=N–C) groups is 1. The topological polar surface area (TPSA) is 180 Å². The number of ether oxygens (including phenoxy) is 1. The third kappa shape index (κ3) is 6.85. The summed E-state index contributed by atoms with van der Waals surface area (Å²) < 4.78 is 12.5. The van der Waals surface area contributed by atoms with Crippen molar-refractivity contribution in [1.82, 2.24) is 9.55 Å². The molecule has 1 aliphatic rings. The Balaban J connectivity index is 1.96. The van der Waals surface area contributed by atoms with Crippen LogP contribution in [0.25, 0.3) is 0 Å². The van der Waals surface area contributed by atoms with Crippen molar-refractivity contribution in [3.8, 4) is 0 Å². The Hall–Kier alpha value is -1.78. The van der Waals surface area contributed by atoms with Gasteiger partial charge in [-0.1, -0.05) is 0 Å². The van der Waals surface area contributed by atoms with Gasteiger partial charge in [0.2, 0.25) is 5.62 Å². The molecule has 1 saturated heterocycles. The number of nitrogens with zero attached hydrogens (tertiary/aromatic N) is 4. The molecule has 2 rings (SSSR count). The Morgan fingerprint density at radius 3 is 2.85 bits per heavy atom. The molecular formula is C14H26N7O4P. The van der Waals surface area contributed by atoms with E-state index >= 15 is 0 Å². The second-order valence-corrected chi connectivity index (χ2v) is 6.56. The van der Waals surface area contributed by atoms with Gasteiger partial charge in [0.25, 0.3) is 0 Å². The number of nitrogens with two attached hydrogens (primary N) is 3. The summed E-state index contributed by atoms with van der Waals surface area (Å²) in [6.45, 7) is 1.26. The largest absolute Gasteiger partial charge is 0.384 e. The van der Waals surface area contributed by atoms with Gasteiger partial charge >= 0.3 is 8.60 Å². The molecule has 2 atom stereocenters. The molecule has 0 saturated carbocycles. The molecule has 2 unspecified atom stereocenters. The van der Waals surface area contributed by atoms with E-state index < -0.39 is 8.60 Å². The number of guanidine groups is 1. The van der Waals surface area contributed by atoms with Gasteiger partial charge in [0.1, 0.15) is 12.0 Å². The Kier molecular flexibility index (Phi) is 8.20. The van der Waals surface area contributed by atoms with E-state index in [0.717, 1.165) is 25.7 Å². The van der Waals surface area contributed by atoms with Crippen LogP contribution < -0.4 is 22.8 Å². The third-order valence-corrected chi connectivity index (χ3v) is 4.13. The van der Waals surface area contributed by atoms with Crippen molar-refractivity contribution < 1.29 is 19.0 Å². The molecule has 11 nitrogen and oxygen atoms in total. The number of anilines is 1. The molecule has 0 aliphatic carbocycles. The summed E-state index contributed by atoms with van der Waals surface area (Å²) >= 11 is 0. The Bertz CT molecular complexity index is 663. The van der Waals surface area contributed by atoms with Crippen LogP contribution in [0.2, 0.25) is 0 Å². The summed E-state index contributed by atoms with van der Waals surface area (Å²) in [4.78, 5) is 30.4. The van der Waals surface area contributed by atoms with Crippen LogP contribution in [-0.4, -0.2) is 51.1 Å². The maximum absolute atomic E-state index is 8.84. The summed E-state index contributed by atoms with van der Waals surface area (Å²) in [6.07, 6.45) is 4.44. The summed E-state index contributed by atoms with van der Waals surface area (Å²) in [5.41, 5.74) is 16.8. The van der Waals surface area contributed by atoms with Crippen molar-refractivity contribution >= 4 is 20.4 Å². The lowest BCUT2D eigenvalue weighted by atomic mass is 10.2. The summed E-state index contributed by atoms with van der Waals surface area (Å²) in [6, 6.07) is 1.69. The van der Waals surface area contributed by atoms with Gasteiger partial charge < -0.3 is 36.2 Å². The molecule has 1 fully saturated rings. The highest BCUT2D eigenvalue weighted by atomic mass is 31.2. The van der Waals surface area contributed by atoms with Crippen molar-refractivity contribution in [2.75, 3.05) is 25.4 Å². The van der Waals surface area contributed by atoms with E-state index in [0.29, 0.717) is 24.5 Å². The highest BCUT2D eigenvalue weighted by Gasteiger charge is 2.27. The molecule has 8 N–H and O–H groups in total. The summed E-state index contributed by atoms with van der Waals surface area (Å²) in [7, 11) is -2.37. The minimum absolute atomic E-state index is 0.0872. The molecule has 0 aromatic carbocycles. The number of unbranched alkanes of at least 4 members (excludes halogenated alkanes) is 1.